The predicted molar refractivity (Wildman–Crippen MR) is 131 cm³/mol. The van der Waals surface area contributed by atoms with Gasteiger partial charge in [0.1, 0.15) is 5.52 Å². The number of para-hydroxylation sites is 1. The SMILES string of the molecule is CC(=O)N1c2ccc(-c3cnn(C4CC4)c3)cc2N(C(=O)Oc2cccc3nccnc23)C[C@@H]1C. The molecule has 1 aliphatic carbocycles. The molecule has 3 heterocycles. The smallest absolute Gasteiger partial charge is 0.408 e. The molecule has 6 rings (SSSR count). The first kappa shape index (κ1) is 21.3. The zero-order chi connectivity index (χ0) is 24.1. The van der Waals surface area contributed by atoms with Crippen molar-refractivity contribution in [3.63, 3.8) is 0 Å². The maximum absolute atomic E-state index is 13.5. The lowest BCUT2D eigenvalue weighted by Crippen LogP contribution is -2.52. The number of carbonyl (C=O) groups excluding carboxylic acids is 2. The highest BCUT2D eigenvalue weighted by molar-refractivity contribution is 6.03. The summed E-state index contributed by atoms with van der Waals surface area (Å²) in [4.78, 5) is 37.9. The number of aromatic nitrogens is 4. The standard InChI is InChI=1S/C26H24N6O3/c1-16-14-30(26(34)35-24-5-3-4-21-25(24)28-11-10-27-21)23-12-18(6-9-22(23)32(16)17(2)33)19-13-29-31(15-19)20-7-8-20/h3-6,9-13,15-16,20H,7-8,14H2,1-2H3/t16-/m0/s1. The van der Waals surface area contributed by atoms with Gasteiger partial charge in [0.05, 0.1) is 35.2 Å². The molecule has 0 radical (unpaired) electrons. The first-order chi connectivity index (χ1) is 17.0. The Hall–Kier alpha value is -4.27. The summed E-state index contributed by atoms with van der Waals surface area (Å²) in [6.45, 7) is 3.75. The zero-order valence-corrected chi connectivity index (χ0v) is 19.5. The Morgan fingerprint density at radius 3 is 2.66 bits per heavy atom. The van der Waals surface area contributed by atoms with E-state index in [1.165, 1.54) is 6.92 Å². The molecule has 35 heavy (non-hydrogen) atoms. The number of fused-ring (bicyclic) bond motifs is 2. The summed E-state index contributed by atoms with van der Waals surface area (Å²) in [6, 6.07) is 11.3. The summed E-state index contributed by atoms with van der Waals surface area (Å²) in [5.74, 6) is 0.260. The van der Waals surface area contributed by atoms with Gasteiger partial charge in [-0.25, -0.2) is 9.78 Å². The van der Waals surface area contributed by atoms with Gasteiger partial charge in [-0.2, -0.15) is 5.10 Å². The molecule has 2 aromatic heterocycles. The second kappa shape index (κ2) is 8.19. The van der Waals surface area contributed by atoms with Gasteiger partial charge in [0, 0.05) is 37.6 Å². The molecule has 9 heteroatoms. The van der Waals surface area contributed by atoms with Gasteiger partial charge in [-0.1, -0.05) is 12.1 Å². The largest absolute Gasteiger partial charge is 0.419 e. The lowest BCUT2D eigenvalue weighted by molar-refractivity contribution is -0.117. The Labute approximate surface area is 202 Å². The van der Waals surface area contributed by atoms with Crippen molar-refractivity contribution >= 4 is 34.4 Å². The normalized spacial score (nSPS) is 17.4. The Balaban J connectivity index is 1.39. The summed E-state index contributed by atoms with van der Waals surface area (Å²) in [7, 11) is 0. The summed E-state index contributed by atoms with van der Waals surface area (Å²) >= 11 is 0. The van der Waals surface area contributed by atoms with Gasteiger partial charge in [-0.05, 0) is 49.6 Å². The lowest BCUT2D eigenvalue weighted by Gasteiger charge is -2.40. The van der Waals surface area contributed by atoms with E-state index < -0.39 is 6.09 Å². The van der Waals surface area contributed by atoms with Crippen molar-refractivity contribution in [1.82, 2.24) is 19.7 Å². The number of ether oxygens (including phenoxy) is 1. The van der Waals surface area contributed by atoms with E-state index in [0.717, 1.165) is 24.0 Å². The minimum Gasteiger partial charge on any atom is -0.408 e. The van der Waals surface area contributed by atoms with E-state index in [1.807, 2.05) is 48.3 Å². The molecule has 4 aromatic rings. The third kappa shape index (κ3) is 3.78. The van der Waals surface area contributed by atoms with Crippen LogP contribution < -0.4 is 14.5 Å². The second-order valence-electron chi connectivity index (χ2n) is 9.04. The molecule has 0 unspecified atom stereocenters. The van der Waals surface area contributed by atoms with Crippen LogP contribution in [0.5, 0.6) is 5.75 Å². The predicted octanol–water partition coefficient (Wildman–Crippen LogP) is 4.59. The molecule has 1 fully saturated rings. The van der Waals surface area contributed by atoms with E-state index >= 15 is 0 Å². The number of amides is 2. The topological polar surface area (TPSA) is 93.5 Å². The highest BCUT2D eigenvalue weighted by Gasteiger charge is 2.35. The molecule has 2 aliphatic rings. The van der Waals surface area contributed by atoms with E-state index in [1.54, 1.807) is 34.3 Å². The highest BCUT2D eigenvalue weighted by Crippen LogP contribution is 2.40. The van der Waals surface area contributed by atoms with Crippen molar-refractivity contribution in [2.24, 2.45) is 0 Å². The maximum atomic E-state index is 13.5. The van der Waals surface area contributed by atoms with Crippen LogP contribution in [0.3, 0.4) is 0 Å². The van der Waals surface area contributed by atoms with Crippen molar-refractivity contribution in [2.45, 2.75) is 38.8 Å². The van der Waals surface area contributed by atoms with Crippen LogP contribution in [0.4, 0.5) is 16.2 Å². The summed E-state index contributed by atoms with van der Waals surface area (Å²) < 4.78 is 7.81. The van der Waals surface area contributed by atoms with Crippen LogP contribution >= 0.6 is 0 Å². The van der Waals surface area contributed by atoms with Crippen LogP contribution in [0, 0.1) is 0 Å². The van der Waals surface area contributed by atoms with E-state index in [2.05, 4.69) is 15.1 Å². The van der Waals surface area contributed by atoms with Gasteiger partial charge in [0.2, 0.25) is 5.91 Å². The summed E-state index contributed by atoms with van der Waals surface area (Å²) in [6.07, 6.45) is 8.79. The van der Waals surface area contributed by atoms with Crippen LogP contribution in [-0.4, -0.2) is 44.3 Å². The number of benzene rings is 2. The zero-order valence-electron chi connectivity index (χ0n) is 19.5. The minimum absolute atomic E-state index is 0.0783. The summed E-state index contributed by atoms with van der Waals surface area (Å²) in [5, 5.41) is 4.49. The lowest BCUT2D eigenvalue weighted by atomic mass is 10.0. The molecule has 0 bridgehead atoms. The van der Waals surface area contributed by atoms with Crippen LogP contribution in [0.1, 0.15) is 32.7 Å². The molecule has 176 valence electrons. The molecular formula is C26H24N6O3. The van der Waals surface area contributed by atoms with E-state index in [-0.39, 0.29) is 11.9 Å². The summed E-state index contributed by atoms with van der Waals surface area (Å²) in [5.41, 5.74) is 4.33. The third-order valence-corrected chi connectivity index (χ3v) is 6.49. The fourth-order valence-corrected chi connectivity index (χ4v) is 4.68. The molecule has 0 spiro atoms. The monoisotopic (exact) mass is 468 g/mol. The molecule has 2 amide bonds. The number of nitrogens with zero attached hydrogens (tertiary/aromatic N) is 6. The Morgan fingerprint density at radius 2 is 1.86 bits per heavy atom. The quantitative estimate of drug-likeness (QED) is 0.437. The molecule has 1 aliphatic heterocycles. The van der Waals surface area contributed by atoms with E-state index in [0.29, 0.717) is 40.7 Å². The van der Waals surface area contributed by atoms with Crippen LogP contribution in [0.15, 0.2) is 61.2 Å². The number of hydrogen-bond acceptors (Lipinski definition) is 6. The average molecular weight is 469 g/mol. The number of carbonyl (C=O) groups is 2. The van der Waals surface area contributed by atoms with Gasteiger partial charge in [0.25, 0.3) is 0 Å². The number of hydrogen-bond donors (Lipinski definition) is 0. The van der Waals surface area contributed by atoms with Gasteiger partial charge in [-0.3, -0.25) is 19.4 Å². The van der Waals surface area contributed by atoms with Gasteiger partial charge in [-0.15, -0.1) is 0 Å². The van der Waals surface area contributed by atoms with Crippen molar-refractivity contribution < 1.29 is 14.3 Å². The molecule has 0 N–H and O–H groups in total. The second-order valence-corrected chi connectivity index (χ2v) is 9.04. The Bertz CT molecular complexity index is 1460. The van der Waals surface area contributed by atoms with Crippen molar-refractivity contribution in [1.29, 1.82) is 0 Å². The van der Waals surface area contributed by atoms with Crippen LogP contribution in [0.2, 0.25) is 0 Å². The fraction of sp³-hybridized carbons (Fsp3) is 0.269. The minimum atomic E-state index is -0.537. The van der Waals surface area contributed by atoms with Gasteiger partial charge < -0.3 is 9.64 Å². The van der Waals surface area contributed by atoms with Gasteiger partial charge >= 0.3 is 6.09 Å². The van der Waals surface area contributed by atoms with Gasteiger partial charge in [0.15, 0.2) is 5.75 Å². The van der Waals surface area contributed by atoms with E-state index in [4.69, 9.17) is 4.74 Å². The van der Waals surface area contributed by atoms with Crippen LogP contribution in [0.25, 0.3) is 22.2 Å². The Kier molecular flexibility index (Phi) is 4.98. The van der Waals surface area contributed by atoms with E-state index in [9.17, 15) is 9.59 Å². The first-order valence-electron chi connectivity index (χ1n) is 11.7. The first-order valence-corrected chi connectivity index (χ1v) is 11.7. The van der Waals surface area contributed by atoms with Crippen molar-refractivity contribution in [3.05, 3.63) is 61.2 Å². The molecule has 2 aromatic carbocycles. The fourth-order valence-electron chi connectivity index (χ4n) is 4.68. The van der Waals surface area contributed by atoms with Crippen LogP contribution in [-0.2, 0) is 4.79 Å². The van der Waals surface area contributed by atoms with Crippen molar-refractivity contribution in [2.75, 3.05) is 16.3 Å². The average Bonchev–Trinajstić information content (AvgIpc) is 3.59. The highest BCUT2D eigenvalue weighted by atomic mass is 16.6. The Morgan fingerprint density at radius 1 is 1.03 bits per heavy atom. The molecular weight excluding hydrogens is 444 g/mol. The maximum Gasteiger partial charge on any atom is 0.419 e. The molecule has 1 saturated carbocycles. The third-order valence-electron chi connectivity index (χ3n) is 6.49. The molecule has 9 nitrogen and oxygen atoms in total. The number of rotatable bonds is 3. The molecule has 1 atom stereocenters. The number of anilines is 2. The molecule has 0 saturated heterocycles. The van der Waals surface area contributed by atoms with Crippen molar-refractivity contribution in [3.8, 4) is 16.9 Å².